The molecule has 1 saturated carbocycles. The molecular formula is C17H25ClN2O3. The van der Waals surface area contributed by atoms with Crippen molar-refractivity contribution < 1.29 is 14.3 Å². The number of methoxy groups -OCH3 is 1. The van der Waals surface area contributed by atoms with Crippen LogP contribution in [0.25, 0.3) is 0 Å². The number of carbonyl (C=O) groups excluding carboxylic acids is 1. The first-order valence-corrected chi connectivity index (χ1v) is 7.48. The minimum absolute atomic E-state index is 0. The number of carbonyl (C=O) groups is 1. The van der Waals surface area contributed by atoms with Crippen LogP contribution in [-0.2, 0) is 0 Å². The third-order valence-corrected chi connectivity index (χ3v) is 4.08. The average molecular weight is 341 g/mol. The number of hydrogen-bond donors (Lipinski definition) is 2. The number of hydrogen-bond acceptors (Lipinski definition) is 4. The highest BCUT2D eigenvalue weighted by molar-refractivity contribution is 5.95. The normalized spacial score (nSPS) is 15.8. The molecule has 23 heavy (non-hydrogen) atoms. The summed E-state index contributed by atoms with van der Waals surface area (Å²) in [6.07, 6.45) is 3.89. The van der Waals surface area contributed by atoms with E-state index in [0.29, 0.717) is 36.1 Å². The van der Waals surface area contributed by atoms with Crippen LogP contribution >= 0.6 is 12.4 Å². The second kappa shape index (κ2) is 8.22. The molecule has 1 aliphatic rings. The van der Waals surface area contributed by atoms with Crippen molar-refractivity contribution in [1.29, 1.82) is 0 Å². The fourth-order valence-corrected chi connectivity index (χ4v) is 2.45. The van der Waals surface area contributed by atoms with E-state index < -0.39 is 0 Å². The summed E-state index contributed by atoms with van der Waals surface area (Å²) in [5, 5.41) is 3.06. The lowest BCUT2D eigenvalue weighted by atomic mass is 9.95. The van der Waals surface area contributed by atoms with Gasteiger partial charge in [-0.15, -0.1) is 12.4 Å². The fraction of sp³-hybridized carbons (Fsp3) is 0.471. The molecule has 0 radical (unpaired) electrons. The number of nitrogens with one attached hydrogen (secondary N) is 1. The summed E-state index contributed by atoms with van der Waals surface area (Å²) in [7, 11) is 1.55. The molecule has 0 bridgehead atoms. The third-order valence-electron chi connectivity index (χ3n) is 4.08. The van der Waals surface area contributed by atoms with Gasteiger partial charge in [0.05, 0.1) is 12.6 Å². The molecule has 6 heteroatoms. The predicted molar refractivity (Wildman–Crippen MR) is 93.6 cm³/mol. The van der Waals surface area contributed by atoms with Gasteiger partial charge in [0.2, 0.25) is 0 Å². The van der Waals surface area contributed by atoms with Crippen molar-refractivity contribution in [2.75, 3.05) is 20.3 Å². The van der Waals surface area contributed by atoms with E-state index in [1.54, 1.807) is 31.4 Å². The standard InChI is InChI=1S/C17H24N2O3.ClH/c1-4-9-22-14-8-5-12(10-15(14)21-3)16(20)19-17(2,11-18)13-6-7-13;/h4-5,8,10,13H,1,6-7,9,11,18H2,2-3H3,(H,19,20);1H. The van der Waals surface area contributed by atoms with E-state index in [1.165, 1.54) is 0 Å². The number of ether oxygens (including phenoxy) is 2. The maximum atomic E-state index is 12.5. The van der Waals surface area contributed by atoms with Gasteiger partial charge in [-0.2, -0.15) is 0 Å². The van der Waals surface area contributed by atoms with Crippen LogP contribution in [0.5, 0.6) is 11.5 Å². The van der Waals surface area contributed by atoms with E-state index in [4.69, 9.17) is 15.2 Å². The van der Waals surface area contributed by atoms with Crippen LogP contribution in [-0.4, -0.2) is 31.7 Å². The highest BCUT2D eigenvalue weighted by Crippen LogP contribution is 2.39. The van der Waals surface area contributed by atoms with E-state index in [2.05, 4.69) is 11.9 Å². The number of amides is 1. The Kier molecular flexibility index (Phi) is 6.91. The second-order valence-electron chi connectivity index (χ2n) is 5.82. The van der Waals surface area contributed by atoms with Gasteiger partial charge in [0.1, 0.15) is 6.61 Å². The molecule has 0 saturated heterocycles. The molecule has 1 aromatic rings. The molecule has 0 aliphatic heterocycles. The minimum Gasteiger partial charge on any atom is -0.493 e. The highest BCUT2D eigenvalue weighted by atomic mass is 35.5. The van der Waals surface area contributed by atoms with Gasteiger partial charge in [-0.3, -0.25) is 4.79 Å². The second-order valence-corrected chi connectivity index (χ2v) is 5.82. The molecule has 128 valence electrons. The Morgan fingerprint density at radius 2 is 2.17 bits per heavy atom. The van der Waals surface area contributed by atoms with E-state index in [-0.39, 0.29) is 23.9 Å². The minimum atomic E-state index is -0.345. The van der Waals surface area contributed by atoms with E-state index in [9.17, 15) is 4.79 Å². The molecule has 1 amide bonds. The van der Waals surface area contributed by atoms with Crippen LogP contribution in [0.3, 0.4) is 0 Å². The van der Waals surface area contributed by atoms with Crippen molar-refractivity contribution in [2.45, 2.75) is 25.3 Å². The molecule has 3 N–H and O–H groups in total. The highest BCUT2D eigenvalue weighted by Gasteiger charge is 2.41. The van der Waals surface area contributed by atoms with Crippen LogP contribution in [0.2, 0.25) is 0 Å². The molecule has 1 atom stereocenters. The van der Waals surface area contributed by atoms with Gasteiger partial charge in [0.25, 0.3) is 5.91 Å². The monoisotopic (exact) mass is 340 g/mol. The zero-order valence-corrected chi connectivity index (χ0v) is 14.4. The SMILES string of the molecule is C=CCOc1ccc(C(=O)NC(C)(CN)C2CC2)cc1OC.Cl. The molecule has 5 nitrogen and oxygen atoms in total. The summed E-state index contributed by atoms with van der Waals surface area (Å²) in [6, 6.07) is 5.13. The number of nitrogens with two attached hydrogens (primary N) is 1. The Morgan fingerprint density at radius 3 is 2.70 bits per heavy atom. The topological polar surface area (TPSA) is 73.6 Å². The van der Waals surface area contributed by atoms with Gasteiger partial charge in [-0.05, 0) is 43.9 Å². The third kappa shape index (κ3) is 4.62. The largest absolute Gasteiger partial charge is 0.493 e. The molecule has 1 unspecified atom stereocenters. The Labute approximate surface area is 143 Å². The van der Waals surface area contributed by atoms with Crippen LogP contribution < -0.4 is 20.5 Å². The first kappa shape index (κ1) is 19.3. The van der Waals surface area contributed by atoms with E-state index in [1.807, 2.05) is 6.92 Å². The number of benzene rings is 1. The average Bonchev–Trinajstić information content (AvgIpc) is 3.37. The Bertz CT molecular complexity index is 561. The van der Waals surface area contributed by atoms with Crippen molar-refractivity contribution >= 4 is 18.3 Å². The van der Waals surface area contributed by atoms with Crippen molar-refractivity contribution in [2.24, 2.45) is 11.7 Å². The van der Waals surface area contributed by atoms with E-state index >= 15 is 0 Å². The molecule has 1 fully saturated rings. The summed E-state index contributed by atoms with van der Waals surface area (Å²) < 4.78 is 10.8. The Hall–Kier alpha value is -1.72. The van der Waals surface area contributed by atoms with Crippen molar-refractivity contribution in [1.82, 2.24) is 5.32 Å². The summed E-state index contributed by atoms with van der Waals surface area (Å²) >= 11 is 0. The maximum Gasteiger partial charge on any atom is 0.251 e. The van der Waals surface area contributed by atoms with Crippen molar-refractivity contribution in [3.8, 4) is 11.5 Å². The number of halogens is 1. The Morgan fingerprint density at radius 1 is 1.48 bits per heavy atom. The maximum absolute atomic E-state index is 12.5. The summed E-state index contributed by atoms with van der Waals surface area (Å²) in [5.41, 5.74) is 6.03. The summed E-state index contributed by atoms with van der Waals surface area (Å²) in [4.78, 5) is 12.5. The zero-order valence-electron chi connectivity index (χ0n) is 13.6. The molecule has 0 heterocycles. The van der Waals surface area contributed by atoms with Gasteiger partial charge in [-0.25, -0.2) is 0 Å². The first-order chi connectivity index (χ1) is 10.5. The van der Waals surface area contributed by atoms with Crippen LogP contribution in [0.1, 0.15) is 30.1 Å². The smallest absolute Gasteiger partial charge is 0.251 e. The lowest BCUT2D eigenvalue weighted by Crippen LogP contribution is -2.53. The van der Waals surface area contributed by atoms with Crippen LogP contribution in [0, 0.1) is 5.92 Å². The lowest BCUT2D eigenvalue weighted by Gasteiger charge is -2.29. The van der Waals surface area contributed by atoms with Crippen molar-refractivity contribution in [3.05, 3.63) is 36.4 Å². The molecule has 2 rings (SSSR count). The fourth-order valence-electron chi connectivity index (χ4n) is 2.45. The number of rotatable bonds is 8. The van der Waals surface area contributed by atoms with Crippen molar-refractivity contribution in [3.63, 3.8) is 0 Å². The molecule has 0 spiro atoms. The summed E-state index contributed by atoms with van der Waals surface area (Å²) in [6.45, 7) is 6.42. The van der Waals surface area contributed by atoms with Gasteiger partial charge < -0.3 is 20.5 Å². The first-order valence-electron chi connectivity index (χ1n) is 7.48. The lowest BCUT2D eigenvalue weighted by molar-refractivity contribution is 0.0897. The molecule has 1 aliphatic carbocycles. The van der Waals surface area contributed by atoms with E-state index in [0.717, 1.165) is 12.8 Å². The van der Waals surface area contributed by atoms with Crippen LogP contribution in [0.4, 0.5) is 0 Å². The quantitative estimate of drug-likeness (QED) is 0.713. The van der Waals surface area contributed by atoms with Gasteiger partial charge in [0.15, 0.2) is 11.5 Å². The Balaban J connectivity index is 0.00000264. The van der Waals surface area contributed by atoms with Gasteiger partial charge in [0, 0.05) is 12.1 Å². The zero-order chi connectivity index (χ0) is 16.2. The molecule has 1 aromatic carbocycles. The predicted octanol–water partition coefficient (Wildman–Crippen LogP) is 2.54. The summed E-state index contributed by atoms with van der Waals surface area (Å²) in [5.74, 6) is 1.44. The van der Waals surface area contributed by atoms with Gasteiger partial charge in [-0.1, -0.05) is 12.7 Å². The molecule has 0 aromatic heterocycles. The molecular weight excluding hydrogens is 316 g/mol. The van der Waals surface area contributed by atoms with Gasteiger partial charge >= 0.3 is 0 Å². The van der Waals surface area contributed by atoms with Crippen LogP contribution in [0.15, 0.2) is 30.9 Å².